The molecule has 0 atom stereocenters. The third kappa shape index (κ3) is 3.63. The van der Waals surface area contributed by atoms with Crippen molar-refractivity contribution in [1.29, 1.82) is 0 Å². The summed E-state index contributed by atoms with van der Waals surface area (Å²) < 4.78 is 0. The highest BCUT2D eigenvalue weighted by Gasteiger charge is 2.10. The molecule has 0 saturated heterocycles. The highest BCUT2D eigenvalue weighted by molar-refractivity contribution is 5.74. The average molecular weight is 270 g/mol. The second kappa shape index (κ2) is 6.28. The largest absolute Gasteiger partial charge is 0.481 e. The van der Waals surface area contributed by atoms with E-state index in [2.05, 4.69) is 35.9 Å². The lowest BCUT2D eigenvalue weighted by atomic mass is 9.99. The second-order valence-electron chi connectivity index (χ2n) is 5.26. The van der Waals surface area contributed by atoms with E-state index in [1.165, 1.54) is 11.9 Å². The van der Waals surface area contributed by atoms with Crippen molar-refractivity contribution in [2.75, 3.05) is 0 Å². The monoisotopic (exact) mass is 270 g/mol. The summed E-state index contributed by atoms with van der Waals surface area (Å²) in [5.41, 5.74) is 3.53. The fourth-order valence-electron chi connectivity index (χ4n) is 2.18. The number of rotatable bonds is 5. The van der Waals surface area contributed by atoms with Gasteiger partial charge in [0, 0.05) is 17.3 Å². The molecule has 1 N–H and O–H groups in total. The Morgan fingerprint density at radius 2 is 1.95 bits per heavy atom. The Labute approximate surface area is 118 Å². The molecule has 0 spiro atoms. The molecule has 0 aliphatic carbocycles. The lowest BCUT2D eigenvalue weighted by Gasteiger charge is -2.08. The lowest BCUT2D eigenvalue weighted by molar-refractivity contribution is -0.136. The van der Waals surface area contributed by atoms with Crippen LogP contribution in [0.5, 0.6) is 0 Å². The van der Waals surface area contributed by atoms with Crippen molar-refractivity contribution < 1.29 is 9.90 Å². The Kier molecular flexibility index (Phi) is 4.45. The van der Waals surface area contributed by atoms with Crippen LogP contribution in [0.1, 0.15) is 25.0 Å². The van der Waals surface area contributed by atoms with Gasteiger partial charge in [-0.15, -0.1) is 0 Å². The maximum atomic E-state index is 10.9. The topological polar surface area (TPSA) is 63.1 Å². The molecule has 0 aliphatic rings. The summed E-state index contributed by atoms with van der Waals surface area (Å²) in [5.74, 6) is -0.264. The standard InChI is InChI=1S/C16H18N2O2/c1-11(2)7-12-3-5-13(6-4-12)16-14(8-15(19)20)9-17-10-18-16/h3-6,9-11H,7-8H2,1-2H3,(H,19,20). The zero-order valence-electron chi connectivity index (χ0n) is 11.7. The molecule has 0 aliphatic heterocycles. The van der Waals surface area contributed by atoms with Crippen molar-refractivity contribution >= 4 is 5.97 Å². The van der Waals surface area contributed by atoms with Gasteiger partial charge in [-0.25, -0.2) is 9.97 Å². The molecular formula is C16H18N2O2. The van der Waals surface area contributed by atoms with E-state index in [0.29, 0.717) is 17.2 Å². The number of nitrogens with zero attached hydrogens (tertiary/aromatic N) is 2. The number of hydrogen-bond acceptors (Lipinski definition) is 3. The van der Waals surface area contributed by atoms with E-state index in [9.17, 15) is 4.79 Å². The molecule has 0 unspecified atom stereocenters. The molecule has 0 saturated carbocycles. The number of carboxylic acid groups (broad SMARTS) is 1. The maximum absolute atomic E-state index is 10.9. The van der Waals surface area contributed by atoms with E-state index in [1.807, 2.05) is 12.1 Å². The van der Waals surface area contributed by atoms with Crippen LogP contribution in [0, 0.1) is 5.92 Å². The van der Waals surface area contributed by atoms with Crippen molar-refractivity contribution in [1.82, 2.24) is 9.97 Å². The molecule has 4 nitrogen and oxygen atoms in total. The van der Waals surface area contributed by atoms with Crippen LogP contribution in [0.15, 0.2) is 36.8 Å². The number of aliphatic carboxylic acids is 1. The molecule has 1 aromatic carbocycles. The number of hydrogen-bond donors (Lipinski definition) is 1. The Bertz CT molecular complexity index is 592. The Balaban J connectivity index is 2.29. The summed E-state index contributed by atoms with van der Waals surface area (Å²) in [6.07, 6.45) is 3.98. The fraction of sp³-hybridized carbons (Fsp3) is 0.312. The molecule has 104 valence electrons. The van der Waals surface area contributed by atoms with Crippen molar-refractivity contribution in [3.63, 3.8) is 0 Å². The molecule has 20 heavy (non-hydrogen) atoms. The quantitative estimate of drug-likeness (QED) is 0.907. The van der Waals surface area contributed by atoms with Gasteiger partial charge in [0.15, 0.2) is 0 Å². The highest BCUT2D eigenvalue weighted by atomic mass is 16.4. The Morgan fingerprint density at radius 3 is 2.55 bits per heavy atom. The SMILES string of the molecule is CC(C)Cc1ccc(-c2ncncc2CC(=O)O)cc1. The zero-order valence-corrected chi connectivity index (χ0v) is 11.7. The van der Waals surface area contributed by atoms with E-state index >= 15 is 0 Å². The van der Waals surface area contributed by atoms with Gasteiger partial charge >= 0.3 is 5.97 Å². The molecule has 1 aromatic heterocycles. The lowest BCUT2D eigenvalue weighted by Crippen LogP contribution is -2.04. The first-order valence-electron chi connectivity index (χ1n) is 6.66. The van der Waals surface area contributed by atoms with Gasteiger partial charge in [0.1, 0.15) is 6.33 Å². The van der Waals surface area contributed by atoms with Crippen LogP contribution in [-0.4, -0.2) is 21.0 Å². The highest BCUT2D eigenvalue weighted by Crippen LogP contribution is 2.22. The van der Waals surface area contributed by atoms with Gasteiger partial charge in [-0.2, -0.15) is 0 Å². The van der Waals surface area contributed by atoms with Crippen LogP contribution in [-0.2, 0) is 17.6 Å². The first-order valence-corrected chi connectivity index (χ1v) is 6.66. The number of benzene rings is 1. The Morgan fingerprint density at radius 1 is 1.25 bits per heavy atom. The van der Waals surface area contributed by atoms with Gasteiger partial charge < -0.3 is 5.11 Å². The second-order valence-corrected chi connectivity index (χ2v) is 5.26. The molecule has 0 fully saturated rings. The summed E-state index contributed by atoms with van der Waals surface area (Å²) in [4.78, 5) is 19.0. The zero-order chi connectivity index (χ0) is 14.5. The van der Waals surface area contributed by atoms with Crippen LogP contribution in [0.25, 0.3) is 11.3 Å². The van der Waals surface area contributed by atoms with E-state index in [4.69, 9.17) is 5.11 Å². The third-order valence-electron chi connectivity index (χ3n) is 3.00. The summed E-state index contributed by atoms with van der Waals surface area (Å²) in [6.45, 7) is 4.37. The third-order valence-corrected chi connectivity index (χ3v) is 3.00. The van der Waals surface area contributed by atoms with Gasteiger partial charge in [0.05, 0.1) is 12.1 Å². The van der Waals surface area contributed by atoms with Gasteiger partial charge in [0.25, 0.3) is 0 Å². The first kappa shape index (κ1) is 14.2. The molecule has 4 heteroatoms. The van der Waals surface area contributed by atoms with Crippen molar-refractivity contribution in [2.24, 2.45) is 5.92 Å². The molecule has 1 heterocycles. The van der Waals surface area contributed by atoms with E-state index in [-0.39, 0.29) is 6.42 Å². The van der Waals surface area contributed by atoms with Crippen molar-refractivity contribution in [2.45, 2.75) is 26.7 Å². The minimum absolute atomic E-state index is 0.0656. The van der Waals surface area contributed by atoms with E-state index in [1.54, 1.807) is 6.20 Å². The molecule has 2 aromatic rings. The molecule has 2 rings (SSSR count). The number of aromatic nitrogens is 2. The Hall–Kier alpha value is -2.23. The van der Waals surface area contributed by atoms with Crippen LogP contribution in [0.2, 0.25) is 0 Å². The van der Waals surface area contributed by atoms with Crippen LogP contribution in [0.4, 0.5) is 0 Å². The number of carboxylic acids is 1. The smallest absolute Gasteiger partial charge is 0.307 e. The first-order chi connectivity index (χ1) is 9.56. The number of carbonyl (C=O) groups is 1. The summed E-state index contributed by atoms with van der Waals surface area (Å²) >= 11 is 0. The van der Waals surface area contributed by atoms with E-state index in [0.717, 1.165) is 12.0 Å². The summed E-state index contributed by atoms with van der Waals surface area (Å²) in [7, 11) is 0. The van der Waals surface area contributed by atoms with Crippen molar-refractivity contribution in [3.8, 4) is 11.3 Å². The minimum atomic E-state index is -0.877. The molecule has 0 amide bonds. The predicted molar refractivity (Wildman–Crippen MR) is 77.3 cm³/mol. The van der Waals surface area contributed by atoms with Gasteiger partial charge in [-0.3, -0.25) is 4.79 Å². The average Bonchev–Trinajstić information content (AvgIpc) is 2.39. The van der Waals surface area contributed by atoms with Crippen LogP contribution < -0.4 is 0 Å². The van der Waals surface area contributed by atoms with Crippen LogP contribution in [0.3, 0.4) is 0 Å². The summed E-state index contributed by atoms with van der Waals surface area (Å²) in [5, 5.41) is 8.93. The molecule has 0 bridgehead atoms. The molecular weight excluding hydrogens is 252 g/mol. The van der Waals surface area contributed by atoms with Gasteiger partial charge in [-0.1, -0.05) is 38.1 Å². The minimum Gasteiger partial charge on any atom is -0.481 e. The van der Waals surface area contributed by atoms with Crippen LogP contribution >= 0.6 is 0 Å². The summed E-state index contributed by atoms with van der Waals surface area (Å²) in [6, 6.07) is 8.13. The van der Waals surface area contributed by atoms with E-state index < -0.39 is 5.97 Å². The predicted octanol–water partition coefficient (Wildman–Crippen LogP) is 2.97. The maximum Gasteiger partial charge on any atom is 0.307 e. The van der Waals surface area contributed by atoms with Gasteiger partial charge in [-0.05, 0) is 17.9 Å². The van der Waals surface area contributed by atoms with Gasteiger partial charge in [0.2, 0.25) is 0 Å². The fourth-order valence-corrected chi connectivity index (χ4v) is 2.18. The molecule has 0 radical (unpaired) electrons. The normalized spacial score (nSPS) is 10.8. The van der Waals surface area contributed by atoms with Crippen molar-refractivity contribution in [3.05, 3.63) is 47.9 Å².